The zero-order chi connectivity index (χ0) is 16.3. The van der Waals surface area contributed by atoms with Gasteiger partial charge in [-0.3, -0.25) is 14.6 Å². The summed E-state index contributed by atoms with van der Waals surface area (Å²) in [6, 6.07) is 6.54. The second-order valence-electron chi connectivity index (χ2n) is 6.77. The Labute approximate surface area is 141 Å². The van der Waals surface area contributed by atoms with Crippen LogP contribution in [0, 0.1) is 17.2 Å². The molecule has 0 aromatic carbocycles. The van der Waals surface area contributed by atoms with Crippen molar-refractivity contribution in [3.05, 3.63) is 22.4 Å². The normalized spacial score (nSPS) is 22.3. The minimum atomic E-state index is -0.682. The van der Waals surface area contributed by atoms with Gasteiger partial charge in [0, 0.05) is 37.6 Å². The van der Waals surface area contributed by atoms with Gasteiger partial charge in [0.05, 0.1) is 12.6 Å². The molecule has 1 N–H and O–H groups in total. The number of thiophene rings is 1. The standard InChI is InChI=1S/C17H24N4OS/c1-17(13-18,14-4-5-14)19-16(22)12-21-8-6-20(7-9-21)11-15-3-2-10-23-15/h2-3,10,14H,4-9,11-12H2,1H3,(H,19,22)/t17-/m1/s1. The number of nitrogens with one attached hydrogen (secondary N) is 1. The van der Waals surface area contributed by atoms with E-state index in [9.17, 15) is 10.1 Å². The van der Waals surface area contributed by atoms with E-state index >= 15 is 0 Å². The third kappa shape index (κ3) is 4.31. The van der Waals surface area contributed by atoms with Crippen LogP contribution in [-0.2, 0) is 11.3 Å². The first-order valence-corrected chi connectivity index (χ1v) is 9.16. The van der Waals surface area contributed by atoms with E-state index < -0.39 is 5.54 Å². The molecule has 1 atom stereocenters. The molecule has 124 valence electrons. The van der Waals surface area contributed by atoms with Gasteiger partial charge in [-0.15, -0.1) is 11.3 Å². The van der Waals surface area contributed by atoms with Crippen molar-refractivity contribution in [1.82, 2.24) is 15.1 Å². The number of piperazine rings is 1. The Morgan fingerprint density at radius 2 is 2.09 bits per heavy atom. The van der Waals surface area contributed by atoms with Crippen LogP contribution >= 0.6 is 11.3 Å². The molecule has 0 bridgehead atoms. The van der Waals surface area contributed by atoms with Gasteiger partial charge in [-0.05, 0) is 37.1 Å². The van der Waals surface area contributed by atoms with Gasteiger partial charge < -0.3 is 5.32 Å². The number of amides is 1. The topological polar surface area (TPSA) is 59.4 Å². The average molecular weight is 332 g/mol. The van der Waals surface area contributed by atoms with Gasteiger partial charge in [-0.1, -0.05) is 6.07 Å². The van der Waals surface area contributed by atoms with Gasteiger partial charge in [0.15, 0.2) is 0 Å². The van der Waals surface area contributed by atoms with Gasteiger partial charge in [-0.25, -0.2) is 0 Å². The van der Waals surface area contributed by atoms with Crippen LogP contribution < -0.4 is 5.32 Å². The van der Waals surface area contributed by atoms with Gasteiger partial charge in [0.25, 0.3) is 0 Å². The SMILES string of the molecule is C[C@](C#N)(NC(=O)CN1CCN(Cc2cccs2)CC1)C1CC1. The number of hydrogen-bond donors (Lipinski definition) is 1. The highest BCUT2D eigenvalue weighted by molar-refractivity contribution is 7.09. The second kappa shape index (κ2) is 7.00. The Kier molecular flexibility index (Phi) is 5.00. The monoisotopic (exact) mass is 332 g/mol. The molecule has 2 fully saturated rings. The Hall–Kier alpha value is -1.42. The van der Waals surface area contributed by atoms with Crippen LogP contribution in [0.4, 0.5) is 0 Å². The van der Waals surface area contributed by atoms with Crippen molar-refractivity contribution >= 4 is 17.2 Å². The summed E-state index contributed by atoms with van der Waals surface area (Å²) in [4.78, 5) is 18.3. The molecule has 2 heterocycles. The van der Waals surface area contributed by atoms with Gasteiger partial charge in [-0.2, -0.15) is 5.26 Å². The first-order chi connectivity index (χ1) is 11.1. The van der Waals surface area contributed by atoms with Crippen molar-refractivity contribution in [3.8, 4) is 6.07 Å². The number of nitrogens with zero attached hydrogens (tertiary/aromatic N) is 3. The molecule has 5 nitrogen and oxygen atoms in total. The molecular weight excluding hydrogens is 308 g/mol. The molecule has 0 radical (unpaired) electrons. The predicted molar refractivity (Wildman–Crippen MR) is 90.9 cm³/mol. The van der Waals surface area contributed by atoms with Crippen molar-refractivity contribution in [1.29, 1.82) is 5.26 Å². The number of rotatable bonds is 6. The molecule has 2 aliphatic rings. The fraction of sp³-hybridized carbons (Fsp3) is 0.647. The number of nitriles is 1. The minimum Gasteiger partial charge on any atom is -0.337 e. The minimum absolute atomic E-state index is 0.0207. The van der Waals surface area contributed by atoms with E-state index in [1.807, 2.05) is 6.92 Å². The van der Waals surface area contributed by atoms with Crippen molar-refractivity contribution < 1.29 is 4.79 Å². The highest BCUT2D eigenvalue weighted by Crippen LogP contribution is 2.39. The zero-order valence-electron chi connectivity index (χ0n) is 13.6. The maximum atomic E-state index is 12.2. The molecule has 6 heteroatoms. The van der Waals surface area contributed by atoms with Crippen molar-refractivity contribution in [2.75, 3.05) is 32.7 Å². The summed E-state index contributed by atoms with van der Waals surface area (Å²) >= 11 is 1.80. The Bertz CT molecular complexity index is 570. The molecule has 0 unspecified atom stereocenters. The van der Waals surface area contributed by atoms with Crippen molar-refractivity contribution in [2.45, 2.75) is 31.8 Å². The second-order valence-corrected chi connectivity index (χ2v) is 7.80. The van der Waals surface area contributed by atoms with Crippen molar-refractivity contribution in [3.63, 3.8) is 0 Å². The molecule has 1 aromatic heterocycles. The van der Waals surface area contributed by atoms with E-state index in [0.29, 0.717) is 12.5 Å². The van der Waals surface area contributed by atoms with Crippen LogP contribution in [0.1, 0.15) is 24.6 Å². The summed E-state index contributed by atoms with van der Waals surface area (Å²) in [7, 11) is 0. The molecule has 1 aromatic rings. The van der Waals surface area contributed by atoms with E-state index in [1.54, 1.807) is 11.3 Å². The van der Waals surface area contributed by atoms with Crippen LogP contribution in [0.25, 0.3) is 0 Å². The molecule has 1 amide bonds. The summed E-state index contributed by atoms with van der Waals surface area (Å²) in [5.41, 5.74) is -0.682. The fourth-order valence-corrected chi connectivity index (χ4v) is 3.89. The lowest BCUT2D eigenvalue weighted by molar-refractivity contribution is -0.124. The quantitative estimate of drug-likeness (QED) is 0.861. The van der Waals surface area contributed by atoms with E-state index in [-0.39, 0.29) is 5.91 Å². The van der Waals surface area contributed by atoms with Gasteiger partial charge in [0.1, 0.15) is 5.54 Å². The first-order valence-electron chi connectivity index (χ1n) is 8.28. The Morgan fingerprint density at radius 3 is 2.65 bits per heavy atom. The van der Waals surface area contributed by atoms with E-state index in [2.05, 4.69) is 38.7 Å². The lowest BCUT2D eigenvalue weighted by atomic mass is 9.98. The predicted octanol–water partition coefficient (Wildman–Crippen LogP) is 1.67. The number of carbonyl (C=O) groups excluding carboxylic acids is 1. The van der Waals surface area contributed by atoms with Gasteiger partial charge in [0.2, 0.25) is 5.91 Å². The summed E-state index contributed by atoms with van der Waals surface area (Å²) in [6.07, 6.45) is 2.09. The van der Waals surface area contributed by atoms with E-state index in [1.165, 1.54) is 4.88 Å². The van der Waals surface area contributed by atoms with Crippen LogP contribution in [-0.4, -0.2) is 54.0 Å². The van der Waals surface area contributed by atoms with Crippen LogP contribution in [0.5, 0.6) is 0 Å². The van der Waals surface area contributed by atoms with Gasteiger partial charge >= 0.3 is 0 Å². The number of hydrogen-bond acceptors (Lipinski definition) is 5. The molecule has 1 aliphatic carbocycles. The summed E-state index contributed by atoms with van der Waals surface area (Å²) in [5.74, 6) is 0.312. The third-order valence-corrected chi connectivity index (χ3v) is 5.68. The molecular formula is C17H24N4OS. The maximum Gasteiger partial charge on any atom is 0.235 e. The molecule has 3 rings (SSSR count). The molecule has 0 spiro atoms. The largest absolute Gasteiger partial charge is 0.337 e. The fourth-order valence-electron chi connectivity index (χ4n) is 3.14. The van der Waals surface area contributed by atoms with E-state index in [0.717, 1.165) is 45.6 Å². The summed E-state index contributed by atoms with van der Waals surface area (Å²) in [5, 5.41) is 14.4. The van der Waals surface area contributed by atoms with Crippen molar-refractivity contribution in [2.24, 2.45) is 5.92 Å². The Balaban J connectivity index is 1.41. The average Bonchev–Trinajstić information content (AvgIpc) is 3.28. The highest BCUT2D eigenvalue weighted by Gasteiger charge is 2.43. The van der Waals surface area contributed by atoms with E-state index in [4.69, 9.17) is 0 Å². The summed E-state index contributed by atoms with van der Waals surface area (Å²) in [6.45, 7) is 7.05. The smallest absolute Gasteiger partial charge is 0.235 e. The van der Waals surface area contributed by atoms with Crippen LogP contribution in [0.15, 0.2) is 17.5 Å². The summed E-state index contributed by atoms with van der Waals surface area (Å²) < 4.78 is 0. The molecule has 23 heavy (non-hydrogen) atoms. The first kappa shape index (κ1) is 16.4. The maximum absolute atomic E-state index is 12.2. The lowest BCUT2D eigenvalue weighted by Crippen LogP contribution is -2.53. The Morgan fingerprint density at radius 1 is 1.39 bits per heavy atom. The zero-order valence-corrected chi connectivity index (χ0v) is 14.4. The number of carbonyl (C=O) groups is 1. The third-order valence-electron chi connectivity index (χ3n) is 4.82. The molecule has 1 saturated carbocycles. The molecule has 1 saturated heterocycles. The van der Waals surface area contributed by atoms with Crippen LogP contribution in [0.2, 0.25) is 0 Å². The molecule has 1 aliphatic heterocycles. The lowest BCUT2D eigenvalue weighted by Gasteiger charge is -2.34. The van der Waals surface area contributed by atoms with Crippen LogP contribution in [0.3, 0.4) is 0 Å². The highest BCUT2D eigenvalue weighted by atomic mass is 32.1.